The minimum atomic E-state index is -1.01. The summed E-state index contributed by atoms with van der Waals surface area (Å²) < 4.78 is 0. The molecule has 0 bridgehead atoms. The number of anilines is 4. The molecule has 11 nitrogen and oxygen atoms in total. The van der Waals surface area contributed by atoms with Gasteiger partial charge in [0.2, 0.25) is 11.9 Å². The Morgan fingerprint density at radius 1 is 1.11 bits per heavy atom. The van der Waals surface area contributed by atoms with Crippen LogP contribution >= 0.6 is 11.3 Å². The molecular weight excluding hydrogens is 468 g/mol. The number of hydrogen-bond donors (Lipinski definition) is 2. The van der Waals surface area contributed by atoms with Crippen LogP contribution in [0.25, 0.3) is 0 Å². The van der Waals surface area contributed by atoms with Crippen LogP contribution in [0.3, 0.4) is 0 Å². The lowest BCUT2D eigenvalue weighted by molar-refractivity contribution is -0.129. The normalized spacial score (nSPS) is 15.3. The van der Waals surface area contributed by atoms with Crippen molar-refractivity contribution in [3.8, 4) is 0 Å². The molecule has 1 fully saturated rings. The van der Waals surface area contributed by atoms with Gasteiger partial charge in [-0.3, -0.25) is 15.1 Å². The molecule has 3 aromatic rings. The number of aryl methyl sites for hydroxylation is 1. The SMILES string of the molecule is CC(=O)N1CCN(c2nc(Nc3nc(C)c(C(=O)O)s3)nc3c2CCN3Cc2cccnc2)CC1. The number of nitrogens with zero attached hydrogens (tertiary/aromatic N) is 7. The zero-order valence-corrected chi connectivity index (χ0v) is 20.4. The molecule has 3 aromatic heterocycles. The molecule has 0 atom stereocenters. The second-order valence-corrected chi connectivity index (χ2v) is 9.56. The van der Waals surface area contributed by atoms with Crippen LogP contribution in [-0.4, -0.2) is 74.5 Å². The van der Waals surface area contributed by atoms with E-state index < -0.39 is 5.97 Å². The number of thiazole rings is 1. The number of carboxylic acids is 1. The van der Waals surface area contributed by atoms with Crippen molar-refractivity contribution < 1.29 is 14.7 Å². The molecular formula is C23H26N8O3S. The number of carbonyl (C=O) groups excluding carboxylic acids is 1. The van der Waals surface area contributed by atoms with Gasteiger partial charge in [0, 0.05) is 64.1 Å². The van der Waals surface area contributed by atoms with E-state index in [4.69, 9.17) is 9.97 Å². The number of nitrogens with one attached hydrogen (secondary N) is 1. The minimum absolute atomic E-state index is 0.0796. The number of carbonyl (C=O) groups is 2. The maximum absolute atomic E-state index is 11.8. The average molecular weight is 495 g/mol. The molecule has 0 aliphatic carbocycles. The van der Waals surface area contributed by atoms with Gasteiger partial charge in [0.15, 0.2) is 5.13 Å². The predicted octanol–water partition coefficient (Wildman–Crippen LogP) is 2.31. The highest BCUT2D eigenvalue weighted by Gasteiger charge is 2.30. The molecule has 5 rings (SSSR count). The molecule has 1 saturated heterocycles. The fourth-order valence-corrected chi connectivity index (χ4v) is 5.26. The summed E-state index contributed by atoms with van der Waals surface area (Å²) >= 11 is 1.06. The summed E-state index contributed by atoms with van der Waals surface area (Å²) in [6.45, 7) is 7.40. The van der Waals surface area contributed by atoms with Crippen molar-refractivity contribution >= 4 is 45.9 Å². The largest absolute Gasteiger partial charge is 0.477 e. The number of aromatic carboxylic acids is 1. The van der Waals surface area contributed by atoms with Crippen molar-refractivity contribution in [2.75, 3.05) is 47.8 Å². The minimum Gasteiger partial charge on any atom is -0.477 e. The number of rotatable bonds is 6. The van der Waals surface area contributed by atoms with E-state index in [1.165, 1.54) is 0 Å². The summed E-state index contributed by atoms with van der Waals surface area (Å²) in [7, 11) is 0. The first-order valence-corrected chi connectivity index (χ1v) is 12.2. The Morgan fingerprint density at radius 2 is 1.89 bits per heavy atom. The number of carboxylic acid groups (broad SMARTS) is 1. The smallest absolute Gasteiger partial charge is 0.347 e. The maximum atomic E-state index is 11.8. The quantitative estimate of drug-likeness (QED) is 0.527. The van der Waals surface area contributed by atoms with E-state index in [0.29, 0.717) is 49.5 Å². The summed E-state index contributed by atoms with van der Waals surface area (Å²) in [5, 5.41) is 13.0. The maximum Gasteiger partial charge on any atom is 0.347 e. The van der Waals surface area contributed by atoms with E-state index in [2.05, 4.69) is 25.1 Å². The van der Waals surface area contributed by atoms with Gasteiger partial charge in [-0.2, -0.15) is 9.97 Å². The topological polar surface area (TPSA) is 128 Å². The Morgan fingerprint density at radius 3 is 2.54 bits per heavy atom. The summed E-state index contributed by atoms with van der Waals surface area (Å²) in [6, 6.07) is 3.96. The van der Waals surface area contributed by atoms with Crippen molar-refractivity contribution in [2.45, 2.75) is 26.8 Å². The second-order valence-electron chi connectivity index (χ2n) is 8.56. The van der Waals surface area contributed by atoms with Crippen LogP contribution in [0.5, 0.6) is 0 Å². The van der Waals surface area contributed by atoms with Gasteiger partial charge < -0.3 is 19.8 Å². The highest BCUT2D eigenvalue weighted by molar-refractivity contribution is 7.17. The molecule has 12 heteroatoms. The number of aromatic nitrogens is 4. The number of hydrogen-bond acceptors (Lipinski definition) is 10. The van der Waals surface area contributed by atoms with Crippen molar-refractivity contribution in [3.63, 3.8) is 0 Å². The van der Waals surface area contributed by atoms with Gasteiger partial charge in [-0.15, -0.1) is 0 Å². The standard InChI is InChI=1S/C23H26N8O3S/c1-14-18(21(33)34)35-23(25-14)28-22-26-19(30-10-8-29(9-11-30)15(2)32)17-5-7-31(20(17)27-22)13-16-4-3-6-24-12-16/h3-4,6,12H,5,7-11,13H2,1-2H3,(H,33,34)(H,25,26,27,28). The first-order valence-electron chi connectivity index (χ1n) is 11.4. The van der Waals surface area contributed by atoms with Gasteiger partial charge in [-0.05, 0) is 25.0 Å². The van der Waals surface area contributed by atoms with Crippen molar-refractivity contribution in [3.05, 3.63) is 46.2 Å². The lowest BCUT2D eigenvalue weighted by atomic mass is 10.2. The summed E-state index contributed by atoms with van der Waals surface area (Å²) in [6.07, 6.45) is 4.43. The fourth-order valence-electron chi connectivity index (χ4n) is 4.46. The Hall–Kier alpha value is -3.80. The van der Waals surface area contributed by atoms with Crippen LogP contribution < -0.4 is 15.1 Å². The van der Waals surface area contributed by atoms with E-state index in [1.807, 2.05) is 23.2 Å². The van der Waals surface area contributed by atoms with Gasteiger partial charge in [0.25, 0.3) is 0 Å². The highest BCUT2D eigenvalue weighted by atomic mass is 32.1. The van der Waals surface area contributed by atoms with Gasteiger partial charge in [-0.1, -0.05) is 17.4 Å². The van der Waals surface area contributed by atoms with E-state index in [-0.39, 0.29) is 10.8 Å². The molecule has 1 amide bonds. The zero-order valence-electron chi connectivity index (χ0n) is 19.6. The molecule has 0 aromatic carbocycles. The van der Waals surface area contributed by atoms with E-state index in [1.54, 1.807) is 20.0 Å². The average Bonchev–Trinajstić information content (AvgIpc) is 3.42. The lowest BCUT2D eigenvalue weighted by Gasteiger charge is -2.35. The highest BCUT2D eigenvalue weighted by Crippen LogP contribution is 2.36. The third kappa shape index (κ3) is 4.74. The molecule has 0 saturated carbocycles. The van der Waals surface area contributed by atoms with Crippen molar-refractivity contribution in [2.24, 2.45) is 0 Å². The lowest BCUT2D eigenvalue weighted by Crippen LogP contribution is -2.48. The summed E-state index contributed by atoms with van der Waals surface area (Å²) in [4.78, 5) is 47.9. The molecule has 5 heterocycles. The summed E-state index contributed by atoms with van der Waals surface area (Å²) in [5.41, 5.74) is 2.62. The van der Waals surface area contributed by atoms with Crippen LogP contribution in [-0.2, 0) is 17.8 Å². The Labute approximate surface area is 206 Å². The van der Waals surface area contributed by atoms with Crippen molar-refractivity contribution in [1.29, 1.82) is 0 Å². The van der Waals surface area contributed by atoms with Crippen LogP contribution in [0.4, 0.5) is 22.7 Å². The number of amides is 1. The Balaban J connectivity index is 1.48. The van der Waals surface area contributed by atoms with Crippen LogP contribution in [0, 0.1) is 6.92 Å². The monoisotopic (exact) mass is 494 g/mol. The Bertz CT molecular complexity index is 1260. The van der Waals surface area contributed by atoms with Crippen LogP contribution in [0.2, 0.25) is 0 Å². The fraction of sp³-hybridized carbons (Fsp3) is 0.391. The first-order chi connectivity index (χ1) is 16.9. The molecule has 2 aliphatic rings. The van der Waals surface area contributed by atoms with Crippen LogP contribution in [0.1, 0.15) is 33.4 Å². The summed E-state index contributed by atoms with van der Waals surface area (Å²) in [5.74, 6) is 1.14. The molecule has 182 valence electrons. The first kappa shape index (κ1) is 23.0. The molecule has 0 radical (unpaired) electrons. The molecule has 2 N–H and O–H groups in total. The van der Waals surface area contributed by atoms with E-state index >= 15 is 0 Å². The second kappa shape index (κ2) is 9.45. The van der Waals surface area contributed by atoms with E-state index in [0.717, 1.165) is 47.1 Å². The van der Waals surface area contributed by atoms with Gasteiger partial charge >= 0.3 is 5.97 Å². The third-order valence-corrected chi connectivity index (χ3v) is 7.29. The van der Waals surface area contributed by atoms with Crippen molar-refractivity contribution in [1.82, 2.24) is 24.8 Å². The predicted molar refractivity (Wildman–Crippen MR) is 133 cm³/mol. The molecule has 2 aliphatic heterocycles. The number of fused-ring (bicyclic) bond motifs is 1. The number of piperazine rings is 1. The zero-order chi connectivity index (χ0) is 24.5. The van der Waals surface area contributed by atoms with Gasteiger partial charge in [0.05, 0.1) is 5.69 Å². The Kier molecular flexibility index (Phi) is 6.20. The number of pyridine rings is 1. The molecule has 35 heavy (non-hydrogen) atoms. The molecule has 0 unspecified atom stereocenters. The van der Waals surface area contributed by atoms with Gasteiger partial charge in [-0.25, -0.2) is 9.78 Å². The van der Waals surface area contributed by atoms with Gasteiger partial charge in [0.1, 0.15) is 16.5 Å². The third-order valence-electron chi connectivity index (χ3n) is 6.23. The van der Waals surface area contributed by atoms with E-state index in [9.17, 15) is 14.7 Å². The molecule has 0 spiro atoms. The van der Waals surface area contributed by atoms with Crippen LogP contribution in [0.15, 0.2) is 24.5 Å².